The Morgan fingerprint density at radius 1 is 1.52 bits per heavy atom. The van der Waals surface area contributed by atoms with Gasteiger partial charge in [0, 0.05) is 37.5 Å². The Labute approximate surface area is 125 Å². The summed E-state index contributed by atoms with van der Waals surface area (Å²) in [5.41, 5.74) is 2.56. The monoisotopic (exact) mass is 287 g/mol. The number of likely N-dealkylation sites (tertiary alicyclic amines) is 1. The number of piperidine rings is 1. The molecule has 0 aromatic heterocycles. The van der Waals surface area contributed by atoms with E-state index in [2.05, 4.69) is 23.0 Å². The maximum absolute atomic E-state index is 9.03. The van der Waals surface area contributed by atoms with Crippen LogP contribution in [0.2, 0.25) is 0 Å². The van der Waals surface area contributed by atoms with Gasteiger partial charge in [-0.1, -0.05) is 12.1 Å². The average Bonchev–Trinajstić information content (AvgIpc) is 2.54. The molecule has 1 aliphatic heterocycles. The molecule has 5 nitrogen and oxygen atoms in total. The van der Waals surface area contributed by atoms with Gasteiger partial charge in [0.1, 0.15) is 5.75 Å². The van der Waals surface area contributed by atoms with Crippen LogP contribution in [0.4, 0.5) is 0 Å². The van der Waals surface area contributed by atoms with Crippen molar-refractivity contribution in [3.8, 4) is 11.8 Å². The lowest BCUT2D eigenvalue weighted by Crippen LogP contribution is -2.40. The van der Waals surface area contributed by atoms with E-state index in [9.17, 15) is 0 Å². The van der Waals surface area contributed by atoms with E-state index in [1.54, 1.807) is 13.2 Å². The van der Waals surface area contributed by atoms with E-state index in [1.165, 1.54) is 0 Å². The molecule has 1 unspecified atom stereocenters. The lowest BCUT2D eigenvalue weighted by atomic mass is 9.93. The fourth-order valence-electron chi connectivity index (χ4n) is 2.84. The first-order valence-electron chi connectivity index (χ1n) is 7.22. The van der Waals surface area contributed by atoms with E-state index in [1.807, 2.05) is 12.1 Å². The van der Waals surface area contributed by atoms with Crippen molar-refractivity contribution in [2.45, 2.75) is 26.3 Å². The molecule has 1 N–H and O–H groups in total. The first-order chi connectivity index (χ1) is 10.2. The zero-order valence-electron chi connectivity index (χ0n) is 12.5. The van der Waals surface area contributed by atoms with Gasteiger partial charge >= 0.3 is 0 Å². The van der Waals surface area contributed by atoms with Crippen LogP contribution in [-0.2, 0) is 6.54 Å². The summed E-state index contributed by atoms with van der Waals surface area (Å²) < 4.78 is 5.38. The molecule has 21 heavy (non-hydrogen) atoms. The van der Waals surface area contributed by atoms with Crippen LogP contribution >= 0.6 is 0 Å². The van der Waals surface area contributed by atoms with Gasteiger partial charge in [0.15, 0.2) is 0 Å². The molecule has 112 valence electrons. The van der Waals surface area contributed by atoms with Gasteiger partial charge in [0.25, 0.3) is 0 Å². The summed E-state index contributed by atoms with van der Waals surface area (Å²) in [6.45, 7) is 4.58. The normalized spacial score (nSPS) is 21.2. The minimum Gasteiger partial charge on any atom is -0.496 e. The van der Waals surface area contributed by atoms with Crippen molar-refractivity contribution in [2.75, 3.05) is 20.2 Å². The van der Waals surface area contributed by atoms with Crippen LogP contribution in [0.5, 0.6) is 5.75 Å². The molecule has 0 saturated carbocycles. The lowest BCUT2D eigenvalue weighted by Gasteiger charge is -2.33. The second kappa shape index (κ2) is 7.09. The van der Waals surface area contributed by atoms with Crippen molar-refractivity contribution in [3.63, 3.8) is 0 Å². The Hall–Kier alpha value is -2.06. The molecule has 0 bridgehead atoms. The third-order valence-corrected chi connectivity index (χ3v) is 4.06. The van der Waals surface area contributed by atoms with Crippen molar-refractivity contribution in [1.29, 1.82) is 5.26 Å². The number of nitriles is 1. The van der Waals surface area contributed by atoms with Crippen molar-refractivity contribution in [1.82, 2.24) is 4.90 Å². The number of rotatable bonds is 4. The van der Waals surface area contributed by atoms with Crippen LogP contribution in [0.15, 0.2) is 23.4 Å². The minimum absolute atomic E-state index is 0.300. The van der Waals surface area contributed by atoms with Crippen LogP contribution in [-0.4, -0.2) is 36.0 Å². The second-order valence-corrected chi connectivity index (χ2v) is 5.32. The SMILES string of the molecule is CCC1CN(Cc2cc(C#N)ccc2OC)CC/C1=N\O. The summed E-state index contributed by atoms with van der Waals surface area (Å²) in [5.74, 6) is 1.11. The molecule has 5 heteroatoms. The van der Waals surface area contributed by atoms with Crippen LogP contribution in [0.1, 0.15) is 30.9 Å². The number of benzene rings is 1. The maximum Gasteiger partial charge on any atom is 0.123 e. The standard InChI is InChI=1S/C16H21N3O2/c1-3-13-10-19(7-6-15(13)18-20)11-14-8-12(9-17)4-5-16(14)21-2/h4-5,8,13,20H,3,6-7,10-11H2,1-2H3/b18-15+. The molecule has 1 aromatic carbocycles. The topological polar surface area (TPSA) is 68.9 Å². The van der Waals surface area contributed by atoms with Gasteiger partial charge in [-0.15, -0.1) is 0 Å². The fourth-order valence-corrected chi connectivity index (χ4v) is 2.84. The molecule has 1 atom stereocenters. The summed E-state index contributed by atoms with van der Waals surface area (Å²) in [6.07, 6.45) is 1.75. The number of methoxy groups -OCH3 is 1. The highest BCUT2D eigenvalue weighted by atomic mass is 16.5. The minimum atomic E-state index is 0.300. The zero-order chi connectivity index (χ0) is 15.2. The highest BCUT2D eigenvalue weighted by Gasteiger charge is 2.25. The third-order valence-electron chi connectivity index (χ3n) is 4.06. The van der Waals surface area contributed by atoms with Gasteiger partial charge in [-0.3, -0.25) is 4.90 Å². The van der Waals surface area contributed by atoms with Crippen molar-refractivity contribution < 1.29 is 9.94 Å². The first kappa shape index (κ1) is 15.3. The number of hydrogen-bond acceptors (Lipinski definition) is 5. The predicted octanol–water partition coefficient (Wildman–Crippen LogP) is 2.63. The van der Waals surface area contributed by atoms with E-state index in [0.717, 1.165) is 49.5 Å². The van der Waals surface area contributed by atoms with Crippen molar-refractivity contribution in [3.05, 3.63) is 29.3 Å². The Morgan fingerprint density at radius 2 is 2.33 bits per heavy atom. The largest absolute Gasteiger partial charge is 0.496 e. The van der Waals surface area contributed by atoms with Gasteiger partial charge < -0.3 is 9.94 Å². The molecular formula is C16H21N3O2. The van der Waals surface area contributed by atoms with Crippen LogP contribution in [0.25, 0.3) is 0 Å². The molecule has 0 amide bonds. The van der Waals surface area contributed by atoms with Crippen LogP contribution < -0.4 is 4.74 Å². The third kappa shape index (κ3) is 3.53. The van der Waals surface area contributed by atoms with Crippen molar-refractivity contribution >= 4 is 5.71 Å². The van der Waals surface area contributed by atoms with Gasteiger partial charge in [-0.05, 0) is 24.6 Å². The smallest absolute Gasteiger partial charge is 0.123 e. The van der Waals surface area contributed by atoms with Gasteiger partial charge in [0.2, 0.25) is 0 Å². The number of hydrogen-bond donors (Lipinski definition) is 1. The highest BCUT2D eigenvalue weighted by Crippen LogP contribution is 2.24. The molecule has 0 radical (unpaired) electrons. The quantitative estimate of drug-likeness (QED) is 0.682. The lowest BCUT2D eigenvalue weighted by molar-refractivity contribution is 0.218. The number of nitrogens with zero attached hydrogens (tertiary/aromatic N) is 3. The van der Waals surface area contributed by atoms with E-state index in [-0.39, 0.29) is 0 Å². The van der Waals surface area contributed by atoms with Crippen LogP contribution in [0.3, 0.4) is 0 Å². The Kier molecular flexibility index (Phi) is 5.18. The maximum atomic E-state index is 9.03. The number of oxime groups is 1. The molecule has 2 rings (SSSR count). The first-order valence-corrected chi connectivity index (χ1v) is 7.22. The molecule has 1 fully saturated rings. The Balaban J connectivity index is 2.13. The summed E-state index contributed by atoms with van der Waals surface area (Å²) >= 11 is 0. The van der Waals surface area contributed by atoms with E-state index < -0.39 is 0 Å². The zero-order valence-corrected chi connectivity index (χ0v) is 12.5. The second-order valence-electron chi connectivity index (χ2n) is 5.32. The molecular weight excluding hydrogens is 266 g/mol. The summed E-state index contributed by atoms with van der Waals surface area (Å²) in [7, 11) is 1.65. The van der Waals surface area contributed by atoms with E-state index in [0.29, 0.717) is 11.5 Å². The molecule has 1 aromatic rings. The summed E-state index contributed by atoms with van der Waals surface area (Å²) in [4.78, 5) is 2.32. The molecule has 0 spiro atoms. The molecule has 0 aliphatic carbocycles. The van der Waals surface area contributed by atoms with E-state index in [4.69, 9.17) is 15.2 Å². The van der Waals surface area contributed by atoms with Gasteiger partial charge in [0.05, 0.1) is 24.5 Å². The van der Waals surface area contributed by atoms with Gasteiger partial charge in [-0.25, -0.2) is 0 Å². The molecule has 1 aliphatic rings. The average molecular weight is 287 g/mol. The number of ether oxygens (including phenoxy) is 1. The summed E-state index contributed by atoms with van der Waals surface area (Å²) in [6, 6.07) is 7.66. The van der Waals surface area contributed by atoms with Crippen LogP contribution in [0, 0.1) is 17.2 Å². The highest BCUT2D eigenvalue weighted by molar-refractivity contribution is 5.87. The van der Waals surface area contributed by atoms with Gasteiger partial charge in [-0.2, -0.15) is 5.26 Å². The van der Waals surface area contributed by atoms with E-state index >= 15 is 0 Å². The fraction of sp³-hybridized carbons (Fsp3) is 0.500. The Bertz CT molecular complexity index is 563. The molecule has 1 saturated heterocycles. The molecule has 1 heterocycles. The van der Waals surface area contributed by atoms with Crippen molar-refractivity contribution in [2.24, 2.45) is 11.1 Å². The summed E-state index contributed by atoms with van der Waals surface area (Å²) in [5, 5.41) is 21.5. The Morgan fingerprint density at radius 3 is 2.95 bits per heavy atom. The predicted molar refractivity (Wildman–Crippen MR) is 80.6 cm³/mol.